The minimum atomic E-state index is -2.67. The first kappa shape index (κ1) is 43.2. The monoisotopic (exact) mass is 699 g/mol. The topological polar surface area (TPSA) is 92.8 Å². The Bertz CT molecular complexity index is 573. The second kappa shape index (κ2) is 25.2. The summed E-state index contributed by atoms with van der Waals surface area (Å²) in [5.74, 6) is 0. The van der Waals surface area contributed by atoms with Crippen LogP contribution < -0.4 is 0 Å². The molecule has 0 N–H and O–H groups in total. The SMILES string of the molecule is CCO[Si](CCCN1CN(CCC[Si](OCC)(OCC)OCC)CN(CCC[Si](OCC)(OCC)OCC)C1)(OCC)OCC. The molecule has 0 aliphatic carbocycles. The predicted molar refractivity (Wildman–Crippen MR) is 185 cm³/mol. The van der Waals surface area contributed by atoms with Crippen LogP contribution in [-0.4, -0.2) is 140 Å². The highest BCUT2D eigenvalue weighted by Crippen LogP contribution is 2.23. The molecular formula is C30H69N3O9Si3. The minimum absolute atomic E-state index is 0.601. The van der Waals surface area contributed by atoms with Crippen molar-refractivity contribution in [2.24, 2.45) is 0 Å². The van der Waals surface area contributed by atoms with Gasteiger partial charge in [0.25, 0.3) is 0 Å². The van der Waals surface area contributed by atoms with Crippen LogP contribution in [-0.2, 0) is 39.8 Å². The highest BCUT2D eigenvalue weighted by atomic mass is 28.4. The molecule has 1 rings (SSSR count). The first-order valence-electron chi connectivity index (χ1n) is 17.7. The Hall–Kier alpha value is 0.171. The van der Waals surface area contributed by atoms with E-state index in [2.05, 4.69) is 14.7 Å². The van der Waals surface area contributed by atoms with Crippen molar-refractivity contribution in [3.63, 3.8) is 0 Å². The number of rotatable bonds is 30. The zero-order chi connectivity index (χ0) is 33.4. The summed E-state index contributed by atoms with van der Waals surface area (Å²) in [4.78, 5) is 7.59. The molecule has 1 aliphatic rings. The van der Waals surface area contributed by atoms with Crippen molar-refractivity contribution in [3.8, 4) is 0 Å². The average molecular weight is 700 g/mol. The molecule has 0 aromatic heterocycles. The van der Waals surface area contributed by atoms with E-state index in [-0.39, 0.29) is 0 Å². The third-order valence-corrected chi connectivity index (χ3v) is 16.8. The lowest BCUT2D eigenvalue weighted by atomic mass is 10.3. The van der Waals surface area contributed by atoms with Gasteiger partial charge in [0, 0.05) is 97.2 Å². The summed E-state index contributed by atoms with van der Waals surface area (Å²) in [5, 5.41) is 0. The zero-order valence-corrected chi connectivity index (χ0v) is 33.4. The van der Waals surface area contributed by atoms with E-state index in [1.165, 1.54) is 0 Å². The second-order valence-electron chi connectivity index (χ2n) is 10.9. The smallest absolute Gasteiger partial charge is 0.374 e. The van der Waals surface area contributed by atoms with Crippen LogP contribution in [0.4, 0.5) is 0 Å². The summed E-state index contributed by atoms with van der Waals surface area (Å²) < 4.78 is 55.1. The minimum Gasteiger partial charge on any atom is -0.374 e. The van der Waals surface area contributed by atoms with Crippen LogP contribution in [0, 0.1) is 0 Å². The summed E-state index contributed by atoms with van der Waals surface area (Å²) in [5.41, 5.74) is 0. The Kier molecular flexibility index (Phi) is 24.2. The standard InChI is InChI=1S/C30H69N3O9Si3/c1-10-34-43(35-11-2,36-12-3)25-19-22-31-28-32(23-20-26-44(37-13-4,38-14-5)39-15-6)30-33(29-31)24-21-27-45(40-16-7,41-17-8)42-18-9/h10-30H2,1-9H3. The van der Waals surface area contributed by atoms with Crippen molar-refractivity contribution in [1.82, 2.24) is 14.7 Å². The number of hydrogen-bond acceptors (Lipinski definition) is 12. The normalized spacial score (nSPS) is 16.2. The lowest BCUT2D eigenvalue weighted by molar-refractivity contribution is -0.0310. The highest BCUT2D eigenvalue weighted by molar-refractivity contribution is 6.61. The van der Waals surface area contributed by atoms with Crippen LogP contribution in [0.3, 0.4) is 0 Å². The van der Waals surface area contributed by atoms with Crippen molar-refractivity contribution in [2.45, 2.75) is 99.7 Å². The Morgan fingerprint density at radius 2 is 0.511 bits per heavy atom. The van der Waals surface area contributed by atoms with E-state index in [9.17, 15) is 0 Å². The molecule has 15 heteroatoms. The molecule has 45 heavy (non-hydrogen) atoms. The van der Waals surface area contributed by atoms with Crippen molar-refractivity contribution in [2.75, 3.05) is 99.1 Å². The summed E-state index contributed by atoms with van der Waals surface area (Å²) in [7, 11) is -8.02. The molecule has 270 valence electrons. The van der Waals surface area contributed by atoms with Gasteiger partial charge in [-0.15, -0.1) is 0 Å². The fourth-order valence-electron chi connectivity index (χ4n) is 5.97. The predicted octanol–water partition coefficient (Wildman–Crippen LogP) is 5.09. The third kappa shape index (κ3) is 16.4. The van der Waals surface area contributed by atoms with Crippen LogP contribution >= 0.6 is 0 Å². The van der Waals surface area contributed by atoms with E-state index in [4.69, 9.17) is 39.8 Å². The Morgan fingerprint density at radius 1 is 0.333 bits per heavy atom. The molecule has 1 saturated heterocycles. The van der Waals surface area contributed by atoms with Gasteiger partial charge in [-0.1, -0.05) is 0 Å². The molecule has 0 saturated carbocycles. The van der Waals surface area contributed by atoms with Gasteiger partial charge >= 0.3 is 26.4 Å². The van der Waals surface area contributed by atoms with E-state index >= 15 is 0 Å². The molecule has 0 spiro atoms. The molecule has 0 aromatic carbocycles. The van der Waals surface area contributed by atoms with Crippen molar-refractivity contribution in [3.05, 3.63) is 0 Å². The molecule has 1 fully saturated rings. The fourth-order valence-corrected chi connectivity index (χ4v) is 13.7. The van der Waals surface area contributed by atoms with Gasteiger partial charge in [0.15, 0.2) is 0 Å². The summed E-state index contributed by atoms with van der Waals surface area (Å²) >= 11 is 0. The van der Waals surface area contributed by atoms with E-state index in [0.717, 1.165) is 77.0 Å². The first-order valence-corrected chi connectivity index (χ1v) is 23.5. The quantitative estimate of drug-likeness (QED) is 0.0936. The maximum atomic E-state index is 6.12. The molecule has 0 radical (unpaired) electrons. The van der Waals surface area contributed by atoms with Crippen molar-refractivity contribution < 1.29 is 39.8 Å². The number of hydrogen-bond donors (Lipinski definition) is 0. The van der Waals surface area contributed by atoms with Crippen molar-refractivity contribution >= 4 is 26.4 Å². The molecule has 0 unspecified atom stereocenters. The molecule has 0 amide bonds. The molecule has 1 heterocycles. The zero-order valence-electron chi connectivity index (χ0n) is 30.4. The van der Waals surface area contributed by atoms with E-state index < -0.39 is 26.4 Å². The van der Waals surface area contributed by atoms with Gasteiger partial charge in [-0.2, -0.15) is 0 Å². The molecule has 0 aromatic rings. The van der Waals surface area contributed by atoms with E-state index in [0.29, 0.717) is 59.5 Å². The Labute approximate surface area is 279 Å². The van der Waals surface area contributed by atoms with Gasteiger partial charge in [-0.05, 0) is 81.6 Å². The molecule has 12 nitrogen and oxygen atoms in total. The average Bonchev–Trinajstić information content (AvgIpc) is 2.98. The summed E-state index contributed by atoms with van der Waals surface area (Å²) in [6.45, 7) is 29.1. The molecule has 0 bridgehead atoms. The van der Waals surface area contributed by atoms with Gasteiger partial charge in [0.1, 0.15) is 0 Å². The van der Waals surface area contributed by atoms with Gasteiger partial charge < -0.3 is 39.8 Å². The maximum absolute atomic E-state index is 6.12. The van der Waals surface area contributed by atoms with Crippen LogP contribution in [0.5, 0.6) is 0 Å². The van der Waals surface area contributed by atoms with Gasteiger partial charge in [-0.3, -0.25) is 14.7 Å². The van der Waals surface area contributed by atoms with Gasteiger partial charge in [0.2, 0.25) is 0 Å². The lowest BCUT2D eigenvalue weighted by Gasteiger charge is -2.43. The summed E-state index contributed by atoms with van der Waals surface area (Å²) in [6.07, 6.45) is 2.87. The molecule has 1 aliphatic heterocycles. The largest absolute Gasteiger partial charge is 0.500 e. The van der Waals surface area contributed by atoms with Crippen LogP contribution in [0.25, 0.3) is 0 Å². The Morgan fingerprint density at radius 3 is 0.667 bits per heavy atom. The molecular weight excluding hydrogens is 631 g/mol. The van der Waals surface area contributed by atoms with Gasteiger partial charge in [0.05, 0.1) is 20.0 Å². The van der Waals surface area contributed by atoms with Crippen molar-refractivity contribution in [1.29, 1.82) is 0 Å². The maximum Gasteiger partial charge on any atom is 0.500 e. The number of nitrogens with zero attached hydrogens (tertiary/aromatic N) is 3. The fraction of sp³-hybridized carbons (Fsp3) is 1.00. The highest BCUT2D eigenvalue weighted by Gasteiger charge is 2.42. The third-order valence-electron chi connectivity index (χ3n) is 7.35. The Balaban J connectivity index is 2.97. The van der Waals surface area contributed by atoms with Crippen LogP contribution in [0.15, 0.2) is 0 Å². The lowest BCUT2D eigenvalue weighted by Crippen LogP contribution is -2.56. The van der Waals surface area contributed by atoms with Gasteiger partial charge in [-0.25, -0.2) is 0 Å². The van der Waals surface area contributed by atoms with Crippen LogP contribution in [0.1, 0.15) is 81.6 Å². The van der Waals surface area contributed by atoms with E-state index in [1.807, 2.05) is 62.3 Å². The van der Waals surface area contributed by atoms with Crippen LogP contribution in [0.2, 0.25) is 18.1 Å². The summed E-state index contributed by atoms with van der Waals surface area (Å²) in [6, 6.07) is 2.44. The second-order valence-corrected chi connectivity index (χ2v) is 19.1. The first-order chi connectivity index (χ1) is 21.8. The molecule has 0 atom stereocenters. The van der Waals surface area contributed by atoms with E-state index in [1.54, 1.807) is 0 Å².